The zero-order chi connectivity index (χ0) is 23.9. The van der Waals surface area contributed by atoms with Gasteiger partial charge < -0.3 is 30.5 Å². The van der Waals surface area contributed by atoms with Crippen LogP contribution in [0.3, 0.4) is 0 Å². The average molecular weight is 473 g/mol. The van der Waals surface area contributed by atoms with Crippen molar-refractivity contribution in [3.05, 3.63) is 76.9 Å². The third-order valence-corrected chi connectivity index (χ3v) is 7.62. The van der Waals surface area contributed by atoms with Gasteiger partial charge in [-0.15, -0.1) is 0 Å². The summed E-state index contributed by atoms with van der Waals surface area (Å²) in [5, 5.41) is 27.1. The minimum Gasteiger partial charge on any atom is -0.484 e. The first-order valence-corrected chi connectivity index (χ1v) is 12.5. The highest BCUT2D eigenvalue weighted by atomic mass is 16.5. The Morgan fingerprint density at radius 3 is 3.09 bits per heavy atom. The molecule has 35 heavy (non-hydrogen) atoms. The molecule has 4 aliphatic rings. The summed E-state index contributed by atoms with van der Waals surface area (Å²) in [6, 6.07) is 8.13. The maximum atomic E-state index is 10.2. The molecule has 0 saturated carbocycles. The molecular weight excluding hydrogens is 440 g/mol. The van der Waals surface area contributed by atoms with Crippen LogP contribution in [-0.2, 0) is 6.42 Å². The molecule has 2 aromatic rings. The molecule has 0 bridgehead atoms. The predicted octanol–water partition coefficient (Wildman–Crippen LogP) is 4.09. The van der Waals surface area contributed by atoms with Gasteiger partial charge in [-0.25, -0.2) is 0 Å². The second-order valence-corrected chi connectivity index (χ2v) is 9.85. The van der Waals surface area contributed by atoms with E-state index in [0.29, 0.717) is 18.9 Å². The highest BCUT2D eigenvalue weighted by molar-refractivity contribution is 5.71. The Bertz CT molecular complexity index is 1230. The highest BCUT2D eigenvalue weighted by Crippen LogP contribution is 2.40. The summed E-state index contributed by atoms with van der Waals surface area (Å²) in [7, 11) is 0. The van der Waals surface area contributed by atoms with E-state index in [2.05, 4.69) is 57.9 Å². The number of benzene rings is 1. The van der Waals surface area contributed by atoms with E-state index in [9.17, 15) is 10.2 Å². The van der Waals surface area contributed by atoms with Crippen LogP contribution >= 0.6 is 0 Å². The summed E-state index contributed by atoms with van der Waals surface area (Å²) in [6.07, 6.45) is 11.2. The summed E-state index contributed by atoms with van der Waals surface area (Å²) in [4.78, 5) is 6.69. The zero-order valence-corrected chi connectivity index (χ0v) is 20.0. The predicted molar refractivity (Wildman–Crippen MR) is 137 cm³/mol. The third-order valence-electron chi connectivity index (χ3n) is 7.62. The van der Waals surface area contributed by atoms with E-state index in [1.54, 1.807) is 6.20 Å². The molecule has 2 aliphatic heterocycles. The lowest BCUT2D eigenvalue weighted by Gasteiger charge is -2.36. The molecule has 7 nitrogen and oxygen atoms in total. The molecule has 1 aromatic heterocycles. The SMILES string of the molecule is CC1=C2NC=C(CCN3C[C@@H](CO)Oc4cc(Nc5ccnc6c5CC[C@@H]6O)ccc43)C2CC=C1. The Hall–Kier alpha value is -3.29. The van der Waals surface area contributed by atoms with Crippen LogP contribution in [0.2, 0.25) is 0 Å². The van der Waals surface area contributed by atoms with Crippen molar-refractivity contribution in [2.45, 2.75) is 44.8 Å². The van der Waals surface area contributed by atoms with Crippen LogP contribution in [0, 0.1) is 5.92 Å². The first-order chi connectivity index (χ1) is 17.1. The van der Waals surface area contributed by atoms with E-state index < -0.39 is 6.10 Å². The van der Waals surface area contributed by atoms with E-state index in [1.165, 1.54) is 16.8 Å². The van der Waals surface area contributed by atoms with Crippen molar-refractivity contribution in [3.63, 3.8) is 0 Å². The topological polar surface area (TPSA) is 89.9 Å². The van der Waals surface area contributed by atoms with Gasteiger partial charge in [0.15, 0.2) is 0 Å². The van der Waals surface area contributed by atoms with Gasteiger partial charge in [0.1, 0.15) is 11.9 Å². The Morgan fingerprint density at radius 1 is 1.29 bits per heavy atom. The number of pyridine rings is 1. The molecule has 1 aromatic carbocycles. The van der Waals surface area contributed by atoms with E-state index in [-0.39, 0.29) is 12.7 Å². The fourth-order valence-corrected chi connectivity index (χ4v) is 5.76. The number of aliphatic hydroxyl groups excluding tert-OH is 2. The maximum Gasteiger partial charge on any atom is 0.145 e. The largest absolute Gasteiger partial charge is 0.484 e. The lowest BCUT2D eigenvalue weighted by Crippen LogP contribution is -2.42. The second-order valence-electron chi connectivity index (χ2n) is 9.85. The van der Waals surface area contributed by atoms with Gasteiger partial charge in [0, 0.05) is 48.0 Å². The van der Waals surface area contributed by atoms with Gasteiger partial charge in [0.2, 0.25) is 0 Å². The van der Waals surface area contributed by atoms with Crippen molar-refractivity contribution >= 4 is 17.1 Å². The lowest BCUT2D eigenvalue weighted by atomic mass is 9.87. The number of anilines is 3. The number of nitrogens with one attached hydrogen (secondary N) is 2. The first-order valence-electron chi connectivity index (χ1n) is 12.5. The Morgan fingerprint density at radius 2 is 2.20 bits per heavy atom. The summed E-state index contributed by atoms with van der Waals surface area (Å²) in [5.74, 6) is 1.24. The summed E-state index contributed by atoms with van der Waals surface area (Å²) < 4.78 is 6.14. The van der Waals surface area contributed by atoms with Crippen molar-refractivity contribution in [2.24, 2.45) is 5.92 Å². The fraction of sp³-hybridized carbons (Fsp3) is 0.393. The number of hydrogen-bond donors (Lipinski definition) is 4. The molecule has 2 aliphatic carbocycles. The van der Waals surface area contributed by atoms with Crippen LogP contribution in [0.1, 0.15) is 43.5 Å². The van der Waals surface area contributed by atoms with Gasteiger partial charge in [-0.3, -0.25) is 4.98 Å². The van der Waals surface area contributed by atoms with Gasteiger partial charge in [-0.05, 0) is 67.5 Å². The number of ether oxygens (including phenoxy) is 1. The molecular formula is C28H32N4O3. The van der Waals surface area contributed by atoms with Crippen LogP contribution < -0.4 is 20.3 Å². The second kappa shape index (κ2) is 9.06. The lowest BCUT2D eigenvalue weighted by molar-refractivity contribution is 0.112. The van der Waals surface area contributed by atoms with Gasteiger partial charge in [0.05, 0.1) is 30.6 Å². The van der Waals surface area contributed by atoms with Crippen LogP contribution in [0.4, 0.5) is 17.1 Å². The van der Waals surface area contributed by atoms with Crippen molar-refractivity contribution in [3.8, 4) is 5.75 Å². The molecule has 0 radical (unpaired) electrons. The van der Waals surface area contributed by atoms with E-state index in [0.717, 1.165) is 59.9 Å². The Labute approximate surface area is 205 Å². The zero-order valence-electron chi connectivity index (χ0n) is 20.0. The summed E-state index contributed by atoms with van der Waals surface area (Å²) >= 11 is 0. The molecule has 6 rings (SSSR count). The van der Waals surface area contributed by atoms with E-state index in [4.69, 9.17) is 4.74 Å². The molecule has 7 heteroatoms. The van der Waals surface area contributed by atoms with Crippen molar-refractivity contribution in [1.82, 2.24) is 10.3 Å². The Kier molecular flexibility index (Phi) is 5.74. The standard InChI is InChI=1S/C28H32N4O3/c1-17-3-2-4-21-18(14-30-27(17)21)10-12-32-15-20(16-33)35-26-13-19(5-7-24(26)32)31-23-9-11-29-28-22(23)6-8-25(28)34/h2-3,5,7,9,11,13-14,20-21,25,30,33-34H,4,6,8,10,12,15-16H2,1H3,(H,29,31)/t20-,21?,25-/m0/s1. The summed E-state index contributed by atoms with van der Waals surface area (Å²) in [5.41, 5.74) is 8.88. The minimum atomic E-state index is -0.484. The van der Waals surface area contributed by atoms with Gasteiger partial charge >= 0.3 is 0 Å². The van der Waals surface area contributed by atoms with E-state index >= 15 is 0 Å². The normalized spacial score (nSPS) is 24.4. The van der Waals surface area contributed by atoms with Crippen molar-refractivity contribution in [2.75, 3.05) is 29.9 Å². The highest BCUT2D eigenvalue weighted by Gasteiger charge is 2.30. The van der Waals surface area contributed by atoms with Crippen molar-refractivity contribution in [1.29, 1.82) is 0 Å². The molecule has 0 amide bonds. The number of nitrogens with zero attached hydrogens (tertiary/aromatic N) is 2. The monoisotopic (exact) mass is 472 g/mol. The third kappa shape index (κ3) is 4.09. The molecule has 182 valence electrons. The van der Waals surface area contributed by atoms with Gasteiger partial charge in [-0.2, -0.15) is 0 Å². The van der Waals surface area contributed by atoms with Gasteiger partial charge in [0.25, 0.3) is 0 Å². The van der Waals surface area contributed by atoms with Crippen LogP contribution in [0.15, 0.2) is 65.7 Å². The smallest absolute Gasteiger partial charge is 0.145 e. The number of aliphatic hydroxyl groups is 2. The number of fused-ring (bicyclic) bond motifs is 3. The number of rotatable bonds is 6. The maximum absolute atomic E-state index is 10.2. The Balaban J connectivity index is 1.20. The van der Waals surface area contributed by atoms with E-state index in [1.807, 2.05) is 12.1 Å². The summed E-state index contributed by atoms with van der Waals surface area (Å²) in [6.45, 7) is 3.68. The molecule has 1 unspecified atom stereocenters. The first kappa shape index (κ1) is 22.2. The minimum absolute atomic E-state index is 0.0207. The molecule has 0 fully saturated rings. The van der Waals surface area contributed by atoms with Crippen LogP contribution in [0.25, 0.3) is 0 Å². The molecule has 3 atom stereocenters. The van der Waals surface area contributed by atoms with Crippen molar-refractivity contribution < 1.29 is 14.9 Å². The molecule has 0 saturated heterocycles. The average Bonchev–Trinajstić information content (AvgIpc) is 3.47. The fourth-order valence-electron chi connectivity index (χ4n) is 5.76. The van der Waals surface area contributed by atoms with Gasteiger partial charge in [-0.1, -0.05) is 12.2 Å². The van der Waals surface area contributed by atoms with Crippen LogP contribution in [0.5, 0.6) is 5.75 Å². The molecule has 3 heterocycles. The quantitative estimate of drug-likeness (QED) is 0.503. The number of aromatic nitrogens is 1. The molecule has 4 N–H and O–H groups in total. The van der Waals surface area contributed by atoms with Crippen LogP contribution in [-0.4, -0.2) is 41.0 Å². The molecule has 0 spiro atoms. The number of hydrogen-bond acceptors (Lipinski definition) is 7. The number of allylic oxidation sites excluding steroid dienone is 4.